The lowest BCUT2D eigenvalue weighted by Crippen LogP contribution is -2.37. The normalized spacial score (nSPS) is 32.9. The lowest BCUT2D eigenvalue weighted by molar-refractivity contribution is 0.102. The van der Waals surface area contributed by atoms with Crippen LogP contribution in [0.25, 0.3) is 0 Å². The number of halogens is 2. The zero-order chi connectivity index (χ0) is 14.3. The number of ether oxygens (including phenoxy) is 1. The molecule has 20 heavy (non-hydrogen) atoms. The Morgan fingerprint density at radius 3 is 3.10 bits per heavy atom. The largest absolute Gasteiger partial charge is 0.381 e. The van der Waals surface area contributed by atoms with Crippen molar-refractivity contribution in [1.29, 1.82) is 0 Å². The van der Waals surface area contributed by atoms with Crippen molar-refractivity contribution in [2.24, 2.45) is 16.6 Å². The molecule has 3 atom stereocenters. The zero-order valence-corrected chi connectivity index (χ0v) is 13.5. The Morgan fingerprint density at radius 2 is 2.35 bits per heavy atom. The molecule has 6 heteroatoms. The number of rotatable bonds is 2. The van der Waals surface area contributed by atoms with Crippen molar-refractivity contribution in [2.75, 3.05) is 12.9 Å². The SMILES string of the molecule is COC1CC2CSC(N)=NC2(c2cc(Br)ccc2F)C1. The van der Waals surface area contributed by atoms with Gasteiger partial charge in [0.25, 0.3) is 0 Å². The van der Waals surface area contributed by atoms with E-state index >= 15 is 0 Å². The molecule has 3 rings (SSSR count). The van der Waals surface area contributed by atoms with Crippen LogP contribution in [0.15, 0.2) is 27.7 Å². The van der Waals surface area contributed by atoms with Crippen molar-refractivity contribution in [3.05, 3.63) is 34.1 Å². The molecule has 2 aliphatic rings. The lowest BCUT2D eigenvalue weighted by atomic mass is 9.81. The van der Waals surface area contributed by atoms with E-state index in [-0.39, 0.29) is 17.8 Å². The number of fused-ring (bicyclic) bond motifs is 1. The first-order valence-corrected chi connectivity index (χ1v) is 8.29. The van der Waals surface area contributed by atoms with Crippen molar-refractivity contribution in [1.82, 2.24) is 0 Å². The van der Waals surface area contributed by atoms with Gasteiger partial charge in [-0.1, -0.05) is 27.7 Å². The predicted octanol–water partition coefficient (Wildman–Crippen LogP) is 3.27. The summed E-state index contributed by atoms with van der Waals surface area (Å²) in [4.78, 5) is 4.66. The summed E-state index contributed by atoms with van der Waals surface area (Å²) in [6.07, 6.45) is 1.68. The van der Waals surface area contributed by atoms with Crippen molar-refractivity contribution in [3.8, 4) is 0 Å². The van der Waals surface area contributed by atoms with Gasteiger partial charge < -0.3 is 10.5 Å². The van der Waals surface area contributed by atoms with Crippen molar-refractivity contribution in [2.45, 2.75) is 24.5 Å². The highest BCUT2D eigenvalue weighted by Gasteiger charge is 2.52. The fourth-order valence-electron chi connectivity index (χ4n) is 3.27. The summed E-state index contributed by atoms with van der Waals surface area (Å²) >= 11 is 4.97. The van der Waals surface area contributed by atoms with Gasteiger partial charge >= 0.3 is 0 Å². The van der Waals surface area contributed by atoms with E-state index in [0.29, 0.717) is 17.2 Å². The van der Waals surface area contributed by atoms with Gasteiger partial charge in [-0.2, -0.15) is 0 Å². The van der Waals surface area contributed by atoms with Crippen LogP contribution in [0.3, 0.4) is 0 Å². The van der Waals surface area contributed by atoms with Gasteiger partial charge in [-0.3, -0.25) is 4.99 Å². The van der Waals surface area contributed by atoms with Crippen molar-refractivity contribution in [3.63, 3.8) is 0 Å². The second-order valence-electron chi connectivity index (χ2n) is 5.30. The van der Waals surface area contributed by atoms with Gasteiger partial charge in [-0.25, -0.2) is 4.39 Å². The molecule has 1 saturated carbocycles. The number of hydrogen-bond donors (Lipinski definition) is 1. The molecule has 3 unspecified atom stereocenters. The molecule has 3 nitrogen and oxygen atoms in total. The summed E-state index contributed by atoms with van der Waals surface area (Å²) in [5, 5.41) is 0.539. The molecule has 1 heterocycles. The van der Waals surface area contributed by atoms with E-state index < -0.39 is 5.54 Å². The van der Waals surface area contributed by atoms with Crippen LogP contribution in [0.5, 0.6) is 0 Å². The molecular formula is C14H16BrFN2OS. The summed E-state index contributed by atoms with van der Waals surface area (Å²) in [6, 6.07) is 5.02. The van der Waals surface area contributed by atoms with Gasteiger partial charge in [0.05, 0.1) is 11.6 Å². The molecule has 1 aromatic carbocycles. The fraction of sp³-hybridized carbons (Fsp3) is 0.500. The van der Waals surface area contributed by atoms with Gasteiger partial charge in [0.1, 0.15) is 5.82 Å². The van der Waals surface area contributed by atoms with E-state index in [1.165, 1.54) is 6.07 Å². The van der Waals surface area contributed by atoms with Gasteiger partial charge in [0.2, 0.25) is 0 Å². The Bertz CT molecular complexity index is 568. The quantitative estimate of drug-likeness (QED) is 0.882. The molecule has 0 radical (unpaired) electrons. The number of hydrogen-bond acceptors (Lipinski definition) is 4. The number of benzene rings is 1. The number of nitrogens with zero attached hydrogens (tertiary/aromatic N) is 1. The van der Waals surface area contributed by atoms with Crippen molar-refractivity contribution < 1.29 is 9.13 Å². The van der Waals surface area contributed by atoms with Gasteiger partial charge in [-0.05, 0) is 24.6 Å². The monoisotopic (exact) mass is 358 g/mol. The highest BCUT2D eigenvalue weighted by Crippen LogP contribution is 2.52. The molecule has 0 amide bonds. The minimum absolute atomic E-state index is 0.105. The summed E-state index contributed by atoms with van der Waals surface area (Å²) in [7, 11) is 1.70. The van der Waals surface area contributed by atoms with Crippen LogP contribution in [-0.4, -0.2) is 24.1 Å². The Labute approximate surface area is 130 Å². The molecule has 0 aromatic heterocycles. The van der Waals surface area contributed by atoms with Crippen LogP contribution in [0.1, 0.15) is 18.4 Å². The van der Waals surface area contributed by atoms with Crippen LogP contribution >= 0.6 is 27.7 Å². The second kappa shape index (κ2) is 5.31. The molecular weight excluding hydrogens is 343 g/mol. The first-order chi connectivity index (χ1) is 9.55. The Morgan fingerprint density at radius 1 is 1.55 bits per heavy atom. The molecule has 1 aliphatic carbocycles. The first kappa shape index (κ1) is 14.4. The van der Waals surface area contributed by atoms with Crippen LogP contribution in [0.2, 0.25) is 0 Å². The maximum atomic E-state index is 14.4. The Kier molecular flexibility index (Phi) is 3.81. The molecule has 0 bridgehead atoms. The maximum absolute atomic E-state index is 14.4. The van der Waals surface area contributed by atoms with Crippen LogP contribution < -0.4 is 5.73 Å². The Hall–Kier alpha value is -0.590. The van der Waals surface area contributed by atoms with E-state index in [1.807, 2.05) is 6.07 Å². The van der Waals surface area contributed by atoms with E-state index in [0.717, 1.165) is 16.6 Å². The topological polar surface area (TPSA) is 47.6 Å². The minimum Gasteiger partial charge on any atom is -0.381 e. The molecule has 0 saturated heterocycles. The highest BCUT2D eigenvalue weighted by atomic mass is 79.9. The van der Waals surface area contributed by atoms with E-state index in [2.05, 4.69) is 20.9 Å². The summed E-state index contributed by atoms with van der Waals surface area (Å²) in [5.41, 5.74) is 5.97. The highest BCUT2D eigenvalue weighted by molar-refractivity contribution is 9.10. The van der Waals surface area contributed by atoms with Gasteiger partial charge in [-0.15, -0.1) is 0 Å². The smallest absolute Gasteiger partial charge is 0.154 e. The van der Waals surface area contributed by atoms with Gasteiger partial charge in [0.15, 0.2) is 5.17 Å². The van der Waals surface area contributed by atoms with E-state index in [9.17, 15) is 4.39 Å². The number of thioether (sulfide) groups is 1. The van der Waals surface area contributed by atoms with E-state index in [4.69, 9.17) is 10.5 Å². The lowest BCUT2D eigenvalue weighted by Gasteiger charge is -2.35. The van der Waals surface area contributed by atoms with Gasteiger partial charge in [0, 0.05) is 35.2 Å². The number of methoxy groups -OCH3 is 1. The van der Waals surface area contributed by atoms with E-state index in [1.54, 1.807) is 24.9 Å². The molecule has 2 N–H and O–H groups in total. The Balaban J connectivity index is 2.14. The molecule has 0 spiro atoms. The minimum atomic E-state index is -0.579. The summed E-state index contributed by atoms with van der Waals surface area (Å²) in [6.45, 7) is 0. The number of amidine groups is 1. The number of aliphatic imine (C=N–C) groups is 1. The predicted molar refractivity (Wildman–Crippen MR) is 83.4 cm³/mol. The third kappa shape index (κ3) is 2.27. The average Bonchev–Trinajstić information content (AvgIpc) is 2.80. The summed E-state index contributed by atoms with van der Waals surface area (Å²) < 4.78 is 20.7. The van der Waals surface area contributed by atoms with Crippen molar-refractivity contribution >= 4 is 32.9 Å². The van der Waals surface area contributed by atoms with Crippen LogP contribution in [-0.2, 0) is 10.3 Å². The third-order valence-corrected chi connectivity index (χ3v) is 5.68. The molecule has 1 aromatic rings. The standard InChI is InChI=1S/C14H16BrFN2OS/c1-19-10-4-8-7-20-13(17)18-14(8,6-10)11-5-9(15)2-3-12(11)16/h2-3,5,8,10H,4,6-7H2,1H3,(H2,17,18). The summed E-state index contributed by atoms with van der Waals surface area (Å²) in [5.74, 6) is 0.896. The second-order valence-corrected chi connectivity index (χ2v) is 7.26. The molecule has 1 aliphatic heterocycles. The number of nitrogens with two attached hydrogens (primary N) is 1. The van der Waals surface area contributed by atoms with Crippen LogP contribution in [0.4, 0.5) is 4.39 Å². The van der Waals surface area contributed by atoms with Crippen LogP contribution in [0, 0.1) is 11.7 Å². The molecule has 1 fully saturated rings. The fourth-order valence-corrected chi connectivity index (χ4v) is 4.64. The molecule has 108 valence electrons. The average molecular weight is 359 g/mol. The zero-order valence-electron chi connectivity index (χ0n) is 11.1. The maximum Gasteiger partial charge on any atom is 0.154 e. The third-order valence-electron chi connectivity index (χ3n) is 4.23. The first-order valence-electron chi connectivity index (χ1n) is 6.51.